The van der Waals surface area contributed by atoms with Gasteiger partial charge in [0.05, 0.1) is 0 Å². The van der Waals surface area contributed by atoms with E-state index in [0.29, 0.717) is 27.9 Å². The Morgan fingerprint density at radius 3 is 2.84 bits per heavy atom. The van der Waals surface area contributed by atoms with Gasteiger partial charge in [-0.05, 0) is 5.57 Å². The number of halogens is 2. The number of anilines is 1. The quantitative estimate of drug-likeness (QED) is 0.0585. The zero-order valence-electron chi connectivity index (χ0n) is 18.3. The van der Waals surface area contributed by atoms with E-state index in [-0.39, 0.29) is 28.2 Å². The van der Waals surface area contributed by atoms with Gasteiger partial charge < -0.3 is 20.6 Å². The highest BCUT2D eigenvalue weighted by Gasteiger charge is 2.54. The van der Waals surface area contributed by atoms with Crippen LogP contribution >= 0.6 is 69.6 Å². The number of alkyl halides is 2. The molecular formula is C17H12Cl2N8O7S4. The summed E-state index contributed by atoms with van der Waals surface area (Å²) in [5.74, 6) is -3.90. The van der Waals surface area contributed by atoms with Gasteiger partial charge in [0, 0.05) is 23.0 Å². The Bertz CT molecular complexity index is 1340. The highest BCUT2D eigenvalue weighted by Crippen LogP contribution is 2.41. The number of β-lactam (4-membered cyclic amide) rings is 1. The van der Waals surface area contributed by atoms with Gasteiger partial charge in [-0.2, -0.15) is 9.36 Å². The first-order valence-corrected chi connectivity index (χ1v) is 14.5. The molecule has 0 saturated carbocycles. The highest BCUT2D eigenvalue weighted by molar-refractivity contribution is 8.01. The number of aliphatic carboxylic acids is 1. The molecule has 4 heterocycles. The third-order valence-corrected chi connectivity index (χ3v) is 8.98. The van der Waals surface area contributed by atoms with Gasteiger partial charge in [0.1, 0.15) is 22.6 Å². The summed E-state index contributed by atoms with van der Waals surface area (Å²) < 4.78 is 4.53. The standard InChI is InChI=1S/C17H12Cl2N8O7S4/c18-9(19)15(33)34-25-6(10-23-16(20-3-28)38-26-10)11(29)22-7-12(30)27-8(14(31)32)5(1-35-13(7)27)2-36-17-24-21-4-37-17/h3-4,7,9,13H,1-2H2,(H,22,29)(H,31,32)(H,20,23,26,28)/b25-6+/t7?,13-/m1/s1. The van der Waals surface area contributed by atoms with Crippen LogP contribution in [0, 0.1) is 0 Å². The number of nitrogens with one attached hydrogen (secondary N) is 2. The Balaban J connectivity index is 1.51. The molecular weight excluding hydrogens is 627 g/mol. The average Bonchev–Trinajstić information content (AvgIpc) is 3.58. The summed E-state index contributed by atoms with van der Waals surface area (Å²) in [4.78, 5) is 68.3. The van der Waals surface area contributed by atoms with Crippen LogP contribution in [0.3, 0.4) is 0 Å². The minimum atomic E-state index is -1.60. The zero-order chi connectivity index (χ0) is 27.4. The number of nitrogens with zero attached hydrogens (tertiary/aromatic N) is 6. The lowest BCUT2D eigenvalue weighted by Crippen LogP contribution is -2.71. The van der Waals surface area contributed by atoms with Crippen molar-refractivity contribution in [3.8, 4) is 0 Å². The van der Waals surface area contributed by atoms with Crippen LogP contribution in [-0.4, -0.2) is 93.2 Å². The van der Waals surface area contributed by atoms with Crippen molar-refractivity contribution in [3.05, 3.63) is 22.6 Å². The molecule has 2 atom stereocenters. The molecule has 0 aromatic carbocycles. The molecule has 38 heavy (non-hydrogen) atoms. The third-order valence-electron chi connectivity index (χ3n) is 4.69. The molecule has 2 aromatic heterocycles. The first-order chi connectivity index (χ1) is 18.2. The van der Waals surface area contributed by atoms with E-state index in [9.17, 15) is 29.1 Å². The van der Waals surface area contributed by atoms with Gasteiger partial charge in [-0.15, -0.1) is 22.0 Å². The molecule has 21 heteroatoms. The molecule has 3 N–H and O–H groups in total. The van der Waals surface area contributed by atoms with E-state index in [4.69, 9.17) is 23.2 Å². The van der Waals surface area contributed by atoms with Crippen LogP contribution in [0.5, 0.6) is 0 Å². The van der Waals surface area contributed by atoms with Crippen LogP contribution in [-0.2, 0) is 28.8 Å². The van der Waals surface area contributed by atoms with Gasteiger partial charge in [-0.3, -0.25) is 19.3 Å². The van der Waals surface area contributed by atoms with Crippen LogP contribution in [0.15, 0.2) is 26.3 Å². The number of aromatic nitrogens is 4. The summed E-state index contributed by atoms with van der Waals surface area (Å²) in [6, 6.07) is -1.12. The molecule has 3 amide bonds. The molecule has 2 aromatic rings. The fourth-order valence-electron chi connectivity index (χ4n) is 3.12. The molecule has 0 aliphatic carbocycles. The van der Waals surface area contributed by atoms with E-state index in [1.54, 1.807) is 5.51 Å². The summed E-state index contributed by atoms with van der Waals surface area (Å²) in [5.41, 5.74) is 1.29. The van der Waals surface area contributed by atoms with Gasteiger partial charge in [0.15, 0.2) is 4.34 Å². The number of carboxylic acids is 1. The molecule has 1 unspecified atom stereocenters. The Kier molecular flexibility index (Phi) is 9.15. The Hall–Kier alpha value is -2.84. The van der Waals surface area contributed by atoms with Crippen molar-refractivity contribution in [1.82, 2.24) is 29.8 Å². The normalized spacial score (nSPS) is 19.1. The molecule has 15 nitrogen and oxygen atoms in total. The van der Waals surface area contributed by atoms with Crippen molar-refractivity contribution >= 4 is 111 Å². The lowest BCUT2D eigenvalue weighted by atomic mass is 10.0. The summed E-state index contributed by atoms with van der Waals surface area (Å²) in [6.07, 6.45) is 0.336. The van der Waals surface area contributed by atoms with Crippen molar-refractivity contribution in [3.63, 3.8) is 0 Å². The van der Waals surface area contributed by atoms with E-state index in [0.717, 1.165) is 4.90 Å². The maximum atomic E-state index is 13.0. The maximum absolute atomic E-state index is 13.0. The van der Waals surface area contributed by atoms with Crippen LogP contribution < -0.4 is 10.6 Å². The molecule has 1 fully saturated rings. The third kappa shape index (κ3) is 6.07. The fourth-order valence-corrected chi connectivity index (χ4v) is 6.70. The van der Waals surface area contributed by atoms with Crippen molar-refractivity contribution in [2.45, 2.75) is 20.6 Å². The van der Waals surface area contributed by atoms with Crippen molar-refractivity contribution < 1.29 is 33.9 Å². The number of rotatable bonds is 11. The zero-order valence-corrected chi connectivity index (χ0v) is 23.0. The van der Waals surface area contributed by atoms with E-state index in [2.05, 4.69) is 40.2 Å². The summed E-state index contributed by atoms with van der Waals surface area (Å²) in [5, 5.41) is 24.9. The van der Waals surface area contributed by atoms with E-state index in [1.807, 2.05) is 0 Å². The first kappa shape index (κ1) is 28.2. The number of fused-ring (bicyclic) bond motifs is 1. The van der Waals surface area contributed by atoms with E-state index < -0.39 is 45.7 Å². The molecule has 2 aliphatic heterocycles. The van der Waals surface area contributed by atoms with Gasteiger partial charge in [-0.1, -0.05) is 51.5 Å². The highest BCUT2D eigenvalue weighted by atomic mass is 35.5. The largest absolute Gasteiger partial charge is 0.477 e. The minimum absolute atomic E-state index is 0.0123. The molecule has 1 saturated heterocycles. The predicted molar refractivity (Wildman–Crippen MR) is 138 cm³/mol. The Morgan fingerprint density at radius 2 is 2.18 bits per heavy atom. The number of amides is 3. The van der Waals surface area contributed by atoms with Crippen molar-refractivity contribution in [1.29, 1.82) is 0 Å². The maximum Gasteiger partial charge on any atom is 0.367 e. The van der Waals surface area contributed by atoms with Crippen LogP contribution in [0.1, 0.15) is 5.82 Å². The van der Waals surface area contributed by atoms with Gasteiger partial charge in [-0.25, -0.2) is 9.59 Å². The minimum Gasteiger partial charge on any atom is -0.477 e. The molecule has 4 rings (SSSR count). The number of carbonyl (C=O) groups excluding carboxylic acids is 4. The number of thioether (sulfide) groups is 2. The smallest absolute Gasteiger partial charge is 0.367 e. The summed E-state index contributed by atoms with van der Waals surface area (Å²) in [6.45, 7) is 0. The van der Waals surface area contributed by atoms with Crippen LogP contribution in [0.4, 0.5) is 5.13 Å². The molecule has 0 bridgehead atoms. The second-order valence-corrected chi connectivity index (χ2v) is 12.0. The monoisotopic (exact) mass is 638 g/mol. The van der Waals surface area contributed by atoms with Crippen molar-refractivity contribution in [2.24, 2.45) is 5.16 Å². The van der Waals surface area contributed by atoms with Crippen LogP contribution in [0.25, 0.3) is 0 Å². The average molecular weight is 640 g/mol. The summed E-state index contributed by atoms with van der Waals surface area (Å²) >= 11 is 15.4. The number of carbonyl (C=O) groups is 5. The molecule has 200 valence electrons. The topological polar surface area (TPSA) is 206 Å². The number of oxime groups is 1. The molecule has 0 radical (unpaired) electrons. The first-order valence-electron chi connectivity index (χ1n) is 9.92. The fraction of sp³-hybridized carbons (Fsp3) is 0.294. The van der Waals surface area contributed by atoms with Gasteiger partial charge >= 0.3 is 11.9 Å². The lowest BCUT2D eigenvalue weighted by Gasteiger charge is -2.49. The molecule has 0 spiro atoms. The summed E-state index contributed by atoms with van der Waals surface area (Å²) in [7, 11) is 0. The van der Waals surface area contributed by atoms with E-state index in [1.165, 1.54) is 34.9 Å². The molecule has 2 aliphatic rings. The van der Waals surface area contributed by atoms with Crippen molar-refractivity contribution in [2.75, 3.05) is 16.8 Å². The Labute approximate surface area is 238 Å². The van der Waals surface area contributed by atoms with Gasteiger partial charge in [0.25, 0.3) is 11.8 Å². The number of hydrogen-bond donors (Lipinski definition) is 3. The number of carboxylic acid groups (broad SMARTS) is 1. The SMILES string of the molecule is O=CNc1nc(/C(=N\OC(=O)C(Cl)Cl)C(=O)NC2C(=O)N3C(C(=O)O)=C(CSc4nncs4)CS[C@H]23)ns1. The second kappa shape index (κ2) is 12.3. The predicted octanol–water partition coefficient (Wildman–Crippen LogP) is 0.540. The lowest BCUT2D eigenvalue weighted by molar-refractivity contribution is -0.150. The second-order valence-electron chi connectivity index (χ2n) is 6.95. The number of hydrogen-bond acceptors (Lipinski definition) is 15. The van der Waals surface area contributed by atoms with E-state index >= 15 is 0 Å². The van der Waals surface area contributed by atoms with Crippen LogP contribution in [0.2, 0.25) is 0 Å². The Morgan fingerprint density at radius 1 is 1.39 bits per heavy atom. The van der Waals surface area contributed by atoms with Gasteiger partial charge in [0.2, 0.25) is 27.9 Å².